The van der Waals surface area contributed by atoms with E-state index >= 15 is 0 Å². The van der Waals surface area contributed by atoms with Crippen LogP contribution in [0.4, 0.5) is 0 Å². The molecule has 0 aromatic carbocycles. The van der Waals surface area contributed by atoms with Crippen LogP contribution in [0, 0.1) is 5.92 Å². The van der Waals surface area contributed by atoms with Crippen molar-refractivity contribution in [1.82, 2.24) is 5.32 Å². The lowest BCUT2D eigenvalue weighted by molar-refractivity contribution is 0.565. The van der Waals surface area contributed by atoms with E-state index in [1.54, 1.807) is 0 Å². The van der Waals surface area contributed by atoms with Crippen LogP contribution in [0.5, 0.6) is 0 Å². The first-order valence-electron chi connectivity index (χ1n) is 2.77. The Morgan fingerprint density at radius 1 is 1.57 bits per heavy atom. The molecule has 1 aliphatic rings. The summed E-state index contributed by atoms with van der Waals surface area (Å²) in [5.41, 5.74) is 5.62. The lowest BCUT2D eigenvalue weighted by Crippen LogP contribution is -2.26. The number of hydrogen-bond acceptors (Lipinski definition) is 2. The molecule has 1 rings (SSSR count). The molecule has 7 heavy (non-hydrogen) atoms. The van der Waals surface area contributed by atoms with E-state index in [0.717, 1.165) is 13.1 Å². The van der Waals surface area contributed by atoms with E-state index < -0.39 is 0 Å². The predicted octanol–water partition coefficient (Wildman–Crippen LogP) is -0.447. The molecule has 0 aliphatic carbocycles. The molecule has 0 saturated carbocycles. The molecule has 0 aromatic rings. The standard InChI is InChI=1S/C5H12N2/c1-4-2-7-3-5(4)6/h4-5,7H,2-3,6H2,1H3. The average molecular weight is 100 g/mol. The summed E-state index contributed by atoms with van der Waals surface area (Å²) in [5.74, 6) is 0.681. The lowest BCUT2D eigenvalue weighted by atomic mass is 10.1. The Hall–Kier alpha value is -0.0800. The lowest BCUT2D eigenvalue weighted by Gasteiger charge is -2.03. The quantitative estimate of drug-likeness (QED) is 0.433. The van der Waals surface area contributed by atoms with Crippen LogP contribution in [0.25, 0.3) is 0 Å². The molecule has 0 bridgehead atoms. The van der Waals surface area contributed by atoms with Gasteiger partial charge in [-0.3, -0.25) is 0 Å². The molecule has 1 fully saturated rings. The number of rotatable bonds is 0. The van der Waals surface area contributed by atoms with Crippen LogP contribution < -0.4 is 11.1 Å². The summed E-state index contributed by atoms with van der Waals surface area (Å²) in [7, 11) is 0. The molecule has 3 N–H and O–H groups in total. The minimum atomic E-state index is 0.403. The van der Waals surface area contributed by atoms with Crippen molar-refractivity contribution in [3.63, 3.8) is 0 Å². The molecule has 2 nitrogen and oxygen atoms in total. The maximum absolute atomic E-state index is 5.62. The van der Waals surface area contributed by atoms with Gasteiger partial charge in [-0.05, 0) is 12.5 Å². The molecule has 2 heteroatoms. The third-order valence-electron chi connectivity index (χ3n) is 1.58. The molecule has 1 saturated heterocycles. The molecule has 0 spiro atoms. The maximum atomic E-state index is 5.62. The average Bonchev–Trinajstić information content (AvgIpc) is 1.91. The second-order valence-corrected chi connectivity index (χ2v) is 2.30. The molecule has 0 radical (unpaired) electrons. The minimum Gasteiger partial charge on any atom is -0.326 e. The van der Waals surface area contributed by atoms with Gasteiger partial charge in [-0.1, -0.05) is 6.92 Å². The highest BCUT2D eigenvalue weighted by Gasteiger charge is 2.17. The zero-order valence-corrected chi connectivity index (χ0v) is 4.65. The van der Waals surface area contributed by atoms with Crippen molar-refractivity contribution in [2.45, 2.75) is 13.0 Å². The van der Waals surface area contributed by atoms with E-state index in [9.17, 15) is 0 Å². The zero-order chi connectivity index (χ0) is 5.28. The van der Waals surface area contributed by atoms with Crippen molar-refractivity contribution in [2.24, 2.45) is 11.7 Å². The highest BCUT2D eigenvalue weighted by Crippen LogP contribution is 2.02. The van der Waals surface area contributed by atoms with Crippen LogP contribution in [0.15, 0.2) is 0 Å². The highest BCUT2D eigenvalue weighted by atomic mass is 15.0. The van der Waals surface area contributed by atoms with Crippen molar-refractivity contribution < 1.29 is 0 Å². The van der Waals surface area contributed by atoms with E-state index in [1.807, 2.05) is 0 Å². The fourth-order valence-corrected chi connectivity index (χ4v) is 0.830. The van der Waals surface area contributed by atoms with Gasteiger partial charge in [0.1, 0.15) is 0 Å². The van der Waals surface area contributed by atoms with E-state index in [0.29, 0.717) is 12.0 Å². The van der Waals surface area contributed by atoms with Gasteiger partial charge in [0.15, 0.2) is 0 Å². The van der Waals surface area contributed by atoms with E-state index in [-0.39, 0.29) is 0 Å². The third-order valence-corrected chi connectivity index (χ3v) is 1.58. The molecule has 1 aliphatic heterocycles. The van der Waals surface area contributed by atoms with Crippen LogP contribution >= 0.6 is 0 Å². The molecule has 0 amide bonds. The van der Waals surface area contributed by atoms with Gasteiger partial charge < -0.3 is 11.1 Å². The Labute approximate surface area is 44.1 Å². The van der Waals surface area contributed by atoms with Gasteiger partial charge in [0.2, 0.25) is 0 Å². The first-order valence-corrected chi connectivity index (χ1v) is 2.77. The van der Waals surface area contributed by atoms with Crippen LogP contribution in [-0.4, -0.2) is 19.1 Å². The summed E-state index contributed by atoms with van der Waals surface area (Å²) in [6, 6.07) is 0.403. The van der Waals surface area contributed by atoms with Crippen LogP contribution in [-0.2, 0) is 0 Å². The molecule has 2 unspecified atom stereocenters. The fraction of sp³-hybridized carbons (Fsp3) is 1.00. The first kappa shape index (κ1) is 5.06. The SMILES string of the molecule is CC1CNCC1N. The predicted molar refractivity (Wildman–Crippen MR) is 30.0 cm³/mol. The molecule has 0 aromatic heterocycles. The van der Waals surface area contributed by atoms with Crippen molar-refractivity contribution >= 4 is 0 Å². The topological polar surface area (TPSA) is 38.0 Å². The Kier molecular flexibility index (Phi) is 1.30. The fourth-order valence-electron chi connectivity index (χ4n) is 0.830. The monoisotopic (exact) mass is 100 g/mol. The summed E-state index contributed by atoms with van der Waals surface area (Å²) in [4.78, 5) is 0. The van der Waals surface area contributed by atoms with Crippen LogP contribution in [0.1, 0.15) is 6.92 Å². The van der Waals surface area contributed by atoms with Crippen molar-refractivity contribution in [2.75, 3.05) is 13.1 Å². The maximum Gasteiger partial charge on any atom is 0.0203 e. The third kappa shape index (κ3) is 0.924. The van der Waals surface area contributed by atoms with Crippen LogP contribution in [0.2, 0.25) is 0 Å². The second-order valence-electron chi connectivity index (χ2n) is 2.30. The van der Waals surface area contributed by atoms with Gasteiger partial charge in [-0.2, -0.15) is 0 Å². The molecular formula is C5H12N2. The zero-order valence-electron chi connectivity index (χ0n) is 4.65. The van der Waals surface area contributed by atoms with Crippen molar-refractivity contribution in [3.05, 3.63) is 0 Å². The number of nitrogens with one attached hydrogen (secondary N) is 1. The van der Waals surface area contributed by atoms with Crippen molar-refractivity contribution in [1.29, 1.82) is 0 Å². The van der Waals surface area contributed by atoms with Gasteiger partial charge in [-0.15, -0.1) is 0 Å². The normalized spacial score (nSPS) is 42.0. The Balaban J connectivity index is 2.33. The van der Waals surface area contributed by atoms with Crippen LogP contribution in [0.3, 0.4) is 0 Å². The van der Waals surface area contributed by atoms with E-state index in [1.165, 1.54) is 0 Å². The van der Waals surface area contributed by atoms with E-state index in [4.69, 9.17) is 5.73 Å². The first-order chi connectivity index (χ1) is 3.30. The summed E-state index contributed by atoms with van der Waals surface area (Å²) < 4.78 is 0. The summed E-state index contributed by atoms with van der Waals surface area (Å²) in [6.07, 6.45) is 0. The minimum absolute atomic E-state index is 0.403. The largest absolute Gasteiger partial charge is 0.326 e. The summed E-state index contributed by atoms with van der Waals surface area (Å²) in [6.45, 7) is 4.27. The Bertz CT molecular complexity index is 55.1. The summed E-state index contributed by atoms with van der Waals surface area (Å²) in [5, 5.41) is 3.20. The van der Waals surface area contributed by atoms with Gasteiger partial charge >= 0.3 is 0 Å². The van der Waals surface area contributed by atoms with Gasteiger partial charge in [-0.25, -0.2) is 0 Å². The van der Waals surface area contributed by atoms with Gasteiger partial charge in [0.25, 0.3) is 0 Å². The highest BCUT2D eigenvalue weighted by molar-refractivity contribution is 4.79. The smallest absolute Gasteiger partial charge is 0.0203 e. The molecule has 2 atom stereocenters. The van der Waals surface area contributed by atoms with Gasteiger partial charge in [0.05, 0.1) is 0 Å². The van der Waals surface area contributed by atoms with Crippen molar-refractivity contribution in [3.8, 4) is 0 Å². The Morgan fingerprint density at radius 2 is 2.29 bits per heavy atom. The number of hydrogen-bond donors (Lipinski definition) is 2. The molecule has 1 heterocycles. The molecular weight excluding hydrogens is 88.1 g/mol. The Morgan fingerprint density at radius 3 is 2.43 bits per heavy atom. The van der Waals surface area contributed by atoms with E-state index in [2.05, 4.69) is 12.2 Å². The summed E-state index contributed by atoms with van der Waals surface area (Å²) >= 11 is 0. The second kappa shape index (κ2) is 1.80. The molecule has 42 valence electrons. The van der Waals surface area contributed by atoms with Gasteiger partial charge in [0, 0.05) is 12.6 Å². The number of nitrogens with two attached hydrogens (primary N) is 1.